The summed E-state index contributed by atoms with van der Waals surface area (Å²) in [6.45, 7) is 3.83. The molecule has 0 amide bonds. The van der Waals surface area contributed by atoms with E-state index < -0.39 is 18.9 Å². The van der Waals surface area contributed by atoms with Gasteiger partial charge < -0.3 is 14.6 Å². The lowest BCUT2D eigenvalue weighted by atomic mass is 10.0. The number of rotatable bonds is 4. The lowest BCUT2D eigenvalue weighted by Crippen LogP contribution is -2.37. The highest BCUT2D eigenvalue weighted by atomic mass is 31.2. The lowest BCUT2D eigenvalue weighted by Gasteiger charge is -2.24. The smallest absolute Gasteiger partial charge is 0.380 e. The minimum Gasteiger partial charge on any atom is -0.380 e. The fraction of sp³-hybridized carbons (Fsp3) is 0.409. The third kappa shape index (κ3) is 4.42. The zero-order chi connectivity index (χ0) is 24.0. The highest BCUT2D eigenvalue weighted by Crippen LogP contribution is 2.45. The maximum Gasteiger partial charge on any atom is 0.416 e. The van der Waals surface area contributed by atoms with Crippen molar-refractivity contribution in [2.45, 2.75) is 26.6 Å². The van der Waals surface area contributed by atoms with Gasteiger partial charge in [-0.2, -0.15) is 13.2 Å². The number of halogens is 3. The molecule has 0 spiro atoms. The van der Waals surface area contributed by atoms with Gasteiger partial charge in [0.2, 0.25) is 0 Å². The predicted octanol–water partition coefficient (Wildman–Crippen LogP) is 3.59. The van der Waals surface area contributed by atoms with Crippen LogP contribution in [0.3, 0.4) is 0 Å². The number of aryl methyl sites for hydroxylation is 2. The minimum atomic E-state index is -4.44. The van der Waals surface area contributed by atoms with Crippen molar-refractivity contribution in [2.24, 2.45) is 7.05 Å². The number of fused-ring (bicyclic) bond motifs is 1. The van der Waals surface area contributed by atoms with E-state index in [1.165, 1.54) is 17.6 Å². The number of anilines is 1. The van der Waals surface area contributed by atoms with Crippen molar-refractivity contribution in [3.8, 4) is 0 Å². The van der Waals surface area contributed by atoms with E-state index in [1.807, 2.05) is 0 Å². The fourth-order valence-corrected chi connectivity index (χ4v) is 6.50. The summed E-state index contributed by atoms with van der Waals surface area (Å²) < 4.78 is 60.0. The van der Waals surface area contributed by atoms with Crippen LogP contribution in [-0.4, -0.2) is 40.1 Å². The van der Waals surface area contributed by atoms with Crippen LogP contribution >= 0.6 is 7.14 Å². The number of benzene rings is 1. The van der Waals surface area contributed by atoms with Crippen molar-refractivity contribution in [3.05, 3.63) is 57.1 Å². The molecule has 33 heavy (non-hydrogen) atoms. The Kier molecular flexibility index (Phi) is 6.09. The summed E-state index contributed by atoms with van der Waals surface area (Å²) in [5, 5.41) is 3.82. The average molecular weight is 480 g/mol. The van der Waals surface area contributed by atoms with Crippen LogP contribution in [0, 0.1) is 13.8 Å². The maximum absolute atomic E-state index is 13.5. The molecule has 1 aliphatic heterocycles. The Bertz CT molecular complexity index is 1330. The highest BCUT2D eigenvalue weighted by molar-refractivity contribution is 7.71. The molecule has 0 aliphatic carbocycles. The second-order valence-corrected chi connectivity index (χ2v) is 11.3. The quantitative estimate of drug-likeness (QED) is 0.575. The summed E-state index contributed by atoms with van der Waals surface area (Å²) in [4.78, 5) is 21.8. The molecule has 3 heterocycles. The number of aromatic nitrogens is 3. The number of nitrogens with one attached hydrogen (secondary N) is 1. The molecular weight excluding hydrogens is 456 g/mol. The second kappa shape index (κ2) is 8.57. The van der Waals surface area contributed by atoms with E-state index in [0.29, 0.717) is 41.5 Å². The zero-order valence-electron chi connectivity index (χ0n) is 18.5. The number of nitrogens with zero attached hydrogens (tertiary/aromatic N) is 3. The van der Waals surface area contributed by atoms with Crippen LogP contribution in [0.15, 0.2) is 29.1 Å². The van der Waals surface area contributed by atoms with E-state index in [2.05, 4.69) is 15.3 Å². The molecule has 0 radical (unpaired) electrons. The molecule has 1 aromatic carbocycles. The first kappa shape index (κ1) is 23.4. The summed E-state index contributed by atoms with van der Waals surface area (Å²) in [5.41, 5.74) is -0.0958. The summed E-state index contributed by atoms with van der Waals surface area (Å²) in [7, 11) is -1.38. The SMILES string of the molecule is Cc1nc(NCc2cccc(C(F)(F)F)c2C)c2cc(P3(=O)CCOCC3)c(=O)n(C)c2n1. The van der Waals surface area contributed by atoms with E-state index in [1.54, 1.807) is 26.1 Å². The summed E-state index contributed by atoms with van der Waals surface area (Å²) >= 11 is 0. The average Bonchev–Trinajstić information content (AvgIpc) is 2.75. The Hall–Kier alpha value is -2.71. The summed E-state index contributed by atoms with van der Waals surface area (Å²) in [6.07, 6.45) is -3.87. The summed E-state index contributed by atoms with van der Waals surface area (Å²) in [6, 6.07) is 5.62. The molecule has 1 N–H and O–H groups in total. The first-order chi connectivity index (χ1) is 15.5. The molecule has 7 nitrogen and oxygen atoms in total. The molecule has 4 rings (SSSR count). The van der Waals surface area contributed by atoms with E-state index in [-0.39, 0.29) is 35.3 Å². The monoisotopic (exact) mass is 480 g/mol. The molecule has 1 saturated heterocycles. The van der Waals surface area contributed by atoms with Gasteiger partial charge in [-0.25, -0.2) is 9.97 Å². The van der Waals surface area contributed by atoms with Crippen molar-refractivity contribution >= 4 is 29.3 Å². The van der Waals surface area contributed by atoms with Crippen molar-refractivity contribution in [1.82, 2.24) is 14.5 Å². The number of hydrogen-bond donors (Lipinski definition) is 1. The van der Waals surface area contributed by atoms with Crippen LogP contribution in [0.1, 0.15) is 22.5 Å². The molecule has 176 valence electrons. The molecule has 0 saturated carbocycles. The van der Waals surface area contributed by atoms with Gasteiger partial charge in [-0.05, 0) is 37.1 Å². The normalized spacial score (nSPS) is 16.2. The topological polar surface area (TPSA) is 86.1 Å². The molecule has 0 bridgehead atoms. The Morgan fingerprint density at radius 2 is 1.88 bits per heavy atom. The Labute approximate surface area is 188 Å². The second-order valence-electron chi connectivity index (χ2n) is 8.14. The van der Waals surface area contributed by atoms with E-state index in [9.17, 15) is 22.5 Å². The van der Waals surface area contributed by atoms with Crippen LogP contribution in [0.4, 0.5) is 19.0 Å². The van der Waals surface area contributed by atoms with Gasteiger partial charge in [0.25, 0.3) is 5.56 Å². The Morgan fingerprint density at radius 1 is 1.18 bits per heavy atom. The third-order valence-electron chi connectivity index (χ3n) is 5.99. The van der Waals surface area contributed by atoms with Crippen molar-refractivity contribution < 1.29 is 22.5 Å². The van der Waals surface area contributed by atoms with Gasteiger partial charge in [-0.15, -0.1) is 0 Å². The molecule has 2 aromatic heterocycles. The maximum atomic E-state index is 13.5. The molecule has 1 aliphatic rings. The van der Waals surface area contributed by atoms with Gasteiger partial charge in [-0.1, -0.05) is 12.1 Å². The standard InChI is InChI=1S/C22H24F3N4O3P/c1-13-15(5-4-6-17(13)22(23,24)25)12-26-19-16-11-18(33(31)9-7-32-8-10-33)21(30)29(3)20(16)28-14(2)27-19/h4-6,11H,7-10,12H2,1-3H3,(H,26,27,28). The molecule has 3 aromatic rings. The van der Waals surface area contributed by atoms with E-state index >= 15 is 0 Å². The van der Waals surface area contributed by atoms with Crippen molar-refractivity contribution in [3.63, 3.8) is 0 Å². The van der Waals surface area contributed by atoms with Crippen LogP contribution in [0.25, 0.3) is 11.0 Å². The van der Waals surface area contributed by atoms with E-state index in [0.717, 1.165) is 6.07 Å². The third-order valence-corrected chi connectivity index (χ3v) is 9.00. The van der Waals surface area contributed by atoms with Gasteiger partial charge in [0.15, 0.2) is 0 Å². The fourth-order valence-electron chi connectivity index (χ4n) is 4.09. The van der Waals surface area contributed by atoms with E-state index in [4.69, 9.17) is 4.74 Å². The van der Waals surface area contributed by atoms with Crippen molar-refractivity contribution in [2.75, 3.05) is 30.9 Å². The molecular formula is C22H24F3N4O3P. The zero-order valence-corrected chi connectivity index (χ0v) is 19.4. The van der Waals surface area contributed by atoms with Gasteiger partial charge in [0, 0.05) is 25.9 Å². The number of alkyl halides is 3. The van der Waals surface area contributed by atoms with Gasteiger partial charge >= 0.3 is 6.18 Å². The van der Waals surface area contributed by atoms with Gasteiger partial charge in [-0.3, -0.25) is 9.36 Å². The first-order valence-corrected chi connectivity index (χ1v) is 12.5. The van der Waals surface area contributed by atoms with Crippen molar-refractivity contribution in [1.29, 1.82) is 0 Å². The van der Waals surface area contributed by atoms with Gasteiger partial charge in [0.05, 0.1) is 29.5 Å². The Balaban J connectivity index is 1.79. The lowest BCUT2D eigenvalue weighted by molar-refractivity contribution is -0.138. The predicted molar refractivity (Wildman–Crippen MR) is 121 cm³/mol. The van der Waals surface area contributed by atoms with Gasteiger partial charge in [0.1, 0.15) is 24.4 Å². The number of hydrogen-bond acceptors (Lipinski definition) is 6. The Morgan fingerprint density at radius 3 is 2.55 bits per heavy atom. The minimum absolute atomic E-state index is 0.0883. The largest absolute Gasteiger partial charge is 0.416 e. The molecule has 0 unspecified atom stereocenters. The van der Waals surface area contributed by atoms with Crippen LogP contribution in [0.2, 0.25) is 0 Å². The number of pyridine rings is 1. The van der Waals surface area contributed by atoms with Crippen LogP contribution in [0.5, 0.6) is 0 Å². The molecule has 1 fully saturated rings. The van der Waals surface area contributed by atoms with Crippen LogP contribution < -0.4 is 16.2 Å². The first-order valence-electron chi connectivity index (χ1n) is 10.5. The highest BCUT2D eigenvalue weighted by Gasteiger charge is 2.33. The molecule has 0 atom stereocenters. The summed E-state index contributed by atoms with van der Waals surface area (Å²) in [5.74, 6) is 0.761. The van der Waals surface area contributed by atoms with Crippen LogP contribution in [-0.2, 0) is 29.1 Å². The number of ether oxygens (including phenoxy) is 1. The molecule has 11 heteroatoms.